The first-order valence-corrected chi connectivity index (χ1v) is 7.34. The first kappa shape index (κ1) is 14.9. The molecule has 25 heavy (non-hydrogen) atoms. The summed E-state index contributed by atoms with van der Waals surface area (Å²) in [7, 11) is 0. The molecule has 2 aromatic heterocycles. The number of nitrogens with zero attached hydrogens (tertiary/aromatic N) is 3. The lowest BCUT2D eigenvalue weighted by atomic mass is 10.1. The second-order valence-corrected chi connectivity index (χ2v) is 5.34. The van der Waals surface area contributed by atoms with Crippen LogP contribution in [0, 0.1) is 17.0 Å². The van der Waals surface area contributed by atoms with Gasteiger partial charge < -0.3 is 13.9 Å². The first-order valence-electron chi connectivity index (χ1n) is 7.34. The molecule has 3 aromatic rings. The number of rotatable bonds is 4. The zero-order chi connectivity index (χ0) is 17.4. The van der Waals surface area contributed by atoms with E-state index >= 15 is 0 Å². The van der Waals surface area contributed by atoms with Crippen LogP contribution in [0.1, 0.15) is 11.5 Å². The van der Waals surface area contributed by atoms with Gasteiger partial charge in [-0.15, -0.1) is 0 Å². The number of pyridine rings is 1. The van der Waals surface area contributed by atoms with Crippen molar-refractivity contribution in [2.75, 3.05) is 12.2 Å². The van der Waals surface area contributed by atoms with Crippen molar-refractivity contribution in [3.05, 3.63) is 51.9 Å². The molecule has 1 aliphatic rings. The molecule has 4 rings (SSSR count). The lowest BCUT2D eigenvalue weighted by Crippen LogP contribution is -1.94. The van der Waals surface area contributed by atoms with Gasteiger partial charge in [0, 0.05) is 17.1 Å². The summed E-state index contributed by atoms with van der Waals surface area (Å²) in [5.41, 5.74) is 5.18. The van der Waals surface area contributed by atoms with Crippen LogP contribution in [0.15, 0.2) is 39.9 Å². The van der Waals surface area contributed by atoms with Crippen LogP contribution >= 0.6 is 0 Å². The van der Waals surface area contributed by atoms with Gasteiger partial charge in [0.05, 0.1) is 23.5 Å². The SMILES string of the molecule is Cc1cc(N/N=C\c2ccc([N+](=O)[O-])o2)c2cc3c(cc2n1)OCO3. The lowest BCUT2D eigenvalue weighted by molar-refractivity contribution is -0.402. The van der Waals surface area contributed by atoms with E-state index in [1.54, 1.807) is 0 Å². The van der Waals surface area contributed by atoms with Gasteiger partial charge in [-0.05, 0) is 25.1 Å². The summed E-state index contributed by atoms with van der Waals surface area (Å²) < 4.78 is 15.8. The van der Waals surface area contributed by atoms with Gasteiger partial charge in [0.15, 0.2) is 17.3 Å². The van der Waals surface area contributed by atoms with Crippen molar-refractivity contribution in [3.8, 4) is 11.5 Å². The quantitative estimate of drug-likeness (QED) is 0.441. The Labute approximate surface area is 141 Å². The smallest absolute Gasteiger partial charge is 0.433 e. The fraction of sp³-hybridized carbons (Fsp3) is 0.125. The molecule has 1 N–H and O–H groups in total. The van der Waals surface area contributed by atoms with E-state index < -0.39 is 4.92 Å². The number of hydrazone groups is 1. The van der Waals surface area contributed by atoms with Crippen molar-refractivity contribution in [1.29, 1.82) is 0 Å². The normalized spacial score (nSPS) is 12.8. The Kier molecular flexibility index (Phi) is 3.46. The predicted molar refractivity (Wildman–Crippen MR) is 89.2 cm³/mol. The lowest BCUT2D eigenvalue weighted by Gasteiger charge is -2.08. The third-order valence-corrected chi connectivity index (χ3v) is 3.60. The summed E-state index contributed by atoms with van der Waals surface area (Å²) in [5.74, 6) is 1.24. The summed E-state index contributed by atoms with van der Waals surface area (Å²) in [6.45, 7) is 2.05. The minimum absolute atomic E-state index is 0.183. The molecule has 0 saturated heterocycles. The van der Waals surface area contributed by atoms with Gasteiger partial charge in [0.25, 0.3) is 0 Å². The third-order valence-electron chi connectivity index (χ3n) is 3.60. The fourth-order valence-corrected chi connectivity index (χ4v) is 2.52. The van der Waals surface area contributed by atoms with E-state index in [0.717, 1.165) is 22.3 Å². The number of hydrogen-bond donors (Lipinski definition) is 1. The predicted octanol–water partition coefficient (Wildman–Crippen LogP) is 3.22. The van der Waals surface area contributed by atoms with E-state index in [9.17, 15) is 10.1 Å². The molecule has 9 nitrogen and oxygen atoms in total. The molecule has 0 spiro atoms. The monoisotopic (exact) mass is 340 g/mol. The number of aryl methyl sites for hydroxylation is 1. The summed E-state index contributed by atoms with van der Waals surface area (Å²) in [6, 6.07) is 8.23. The van der Waals surface area contributed by atoms with Gasteiger partial charge >= 0.3 is 5.88 Å². The van der Waals surface area contributed by atoms with Gasteiger partial charge in [-0.3, -0.25) is 20.5 Å². The Hall–Kier alpha value is -3.62. The van der Waals surface area contributed by atoms with E-state index in [0.29, 0.717) is 11.5 Å². The zero-order valence-electron chi connectivity index (χ0n) is 13.1. The molecule has 0 unspecified atom stereocenters. The minimum Gasteiger partial charge on any atom is -0.454 e. The van der Waals surface area contributed by atoms with Crippen LogP contribution in [0.25, 0.3) is 10.9 Å². The molecule has 126 valence electrons. The van der Waals surface area contributed by atoms with Crippen molar-refractivity contribution < 1.29 is 18.8 Å². The molecule has 1 aromatic carbocycles. The summed E-state index contributed by atoms with van der Waals surface area (Å²) in [4.78, 5) is 14.5. The van der Waals surface area contributed by atoms with Gasteiger partial charge in [-0.25, -0.2) is 0 Å². The number of aromatic nitrogens is 1. The molecule has 0 atom stereocenters. The summed E-state index contributed by atoms with van der Waals surface area (Å²) in [5, 5.41) is 15.5. The molecular weight excluding hydrogens is 328 g/mol. The number of nitrogens with one attached hydrogen (secondary N) is 1. The summed E-state index contributed by atoms with van der Waals surface area (Å²) >= 11 is 0. The number of nitro groups is 1. The van der Waals surface area contributed by atoms with Crippen molar-refractivity contribution in [1.82, 2.24) is 4.98 Å². The molecule has 0 saturated carbocycles. The van der Waals surface area contributed by atoms with Crippen LogP contribution in [0.4, 0.5) is 11.6 Å². The second-order valence-electron chi connectivity index (χ2n) is 5.34. The Morgan fingerprint density at radius 2 is 2.08 bits per heavy atom. The fourth-order valence-electron chi connectivity index (χ4n) is 2.52. The highest BCUT2D eigenvalue weighted by atomic mass is 16.7. The Morgan fingerprint density at radius 3 is 2.84 bits per heavy atom. The molecule has 0 bridgehead atoms. The van der Waals surface area contributed by atoms with Crippen molar-refractivity contribution in [2.45, 2.75) is 6.92 Å². The van der Waals surface area contributed by atoms with Crippen LogP contribution in [-0.2, 0) is 0 Å². The van der Waals surface area contributed by atoms with E-state index in [4.69, 9.17) is 13.9 Å². The van der Waals surface area contributed by atoms with E-state index in [2.05, 4.69) is 15.5 Å². The molecular formula is C16H12N4O5. The van der Waals surface area contributed by atoms with Crippen LogP contribution in [-0.4, -0.2) is 22.9 Å². The van der Waals surface area contributed by atoms with E-state index in [1.165, 1.54) is 18.3 Å². The number of ether oxygens (including phenoxy) is 2. The van der Waals surface area contributed by atoms with E-state index in [1.807, 2.05) is 25.1 Å². The van der Waals surface area contributed by atoms with Crippen molar-refractivity contribution in [3.63, 3.8) is 0 Å². The Balaban J connectivity index is 1.64. The Morgan fingerprint density at radius 1 is 1.28 bits per heavy atom. The van der Waals surface area contributed by atoms with Crippen molar-refractivity contribution in [2.24, 2.45) is 5.10 Å². The highest BCUT2D eigenvalue weighted by Crippen LogP contribution is 2.38. The van der Waals surface area contributed by atoms with Crippen LogP contribution < -0.4 is 14.9 Å². The van der Waals surface area contributed by atoms with Crippen molar-refractivity contribution >= 4 is 28.7 Å². The molecule has 3 heterocycles. The van der Waals surface area contributed by atoms with E-state index in [-0.39, 0.29) is 18.4 Å². The molecule has 0 aliphatic carbocycles. The van der Waals surface area contributed by atoms with Crippen LogP contribution in [0.2, 0.25) is 0 Å². The molecule has 9 heteroatoms. The highest BCUT2D eigenvalue weighted by Gasteiger charge is 2.16. The molecule has 0 fully saturated rings. The van der Waals surface area contributed by atoms with Gasteiger partial charge in [0.2, 0.25) is 6.79 Å². The van der Waals surface area contributed by atoms with Gasteiger partial charge in [-0.2, -0.15) is 5.10 Å². The molecule has 0 amide bonds. The number of anilines is 1. The average Bonchev–Trinajstić information content (AvgIpc) is 3.21. The topological polar surface area (TPSA) is 112 Å². The number of fused-ring (bicyclic) bond motifs is 2. The third kappa shape index (κ3) is 2.82. The Bertz CT molecular complexity index is 1010. The maximum Gasteiger partial charge on any atom is 0.433 e. The standard InChI is InChI=1S/C16H12N4O5/c1-9-4-13(19-17-7-10-2-3-16(25-10)20(21)22)11-5-14-15(24-8-23-14)6-12(11)18-9/h2-7H,8H2,1H3,(H,18,19)/b17-7-. The average molecular weight is 340 g/mol. The van der Waals surface area contributed by atoms with Gasteiger partial charge in [0.1, 0.15) is 4.92 Å². The maximum absolute atomic E-state index is 10.6. The first-order chi connectivity index (χ1) is 12.1. The summed E-state index contributed by atoms with van der Waals surface area (Å²) in [6.07, 6.45) is 1.36. The van der Waals surface area contributed by atoms with Crippen LogP contribution in [0.5, 0.6) is 11.5 Å². The molecule has 0 radical (unpaired) electrons. The second kappa shape index (κ2) is 5.78. The number of benzene rings is 1. The van der Waals surface area contributed by atoms with Crippen LogP contribution in [0.3, 0.4) is 0 Å². The largest absolute Gasteiger partial charge is 0.454 e. The maximum atomic E-state index is 10.6. The number of hydrogen-bond acceptors (Lipinski definition) is 8. The van der Waals surface area contributed by atoms with Gasteiger partial charge in [-0.1, -0.05) is 0 Å². The number of furan rings is 1. The zero-order valence-corrected chi connectivity index (χ0v) is 13.1. The minimum atomic E-state index is -0.604. The molecule has 1 aliphatic heterocycles. The highest BCUT2D eigenvalue weighted by molar-refractivity contribution is 5.94.